The predicted octanol–water partition coefficient (Wildman–Crippen LogP) is 16.4. The van der Waals surface area contributed by atoms with Gasteiger partial charge in [-0.05, 0) is 83.0 Å². The lowest BCUT2D eigenvalue weighted by atomic mass is 9.91. The molecule has 0 saturated heterocycles. The molecule has 0 aliphatic rings. The maximum absolute atomic E-state index is 6.90. The van der Waals surface area contributed by atoms with Gasteiger partial charge in [-0.25, -0.2) is 15.0 Å². The second-order valence-electron chi connectivity index (χ2n) is 16.6. The monoisotopic (exact) mass is 827 g/mol. The molecule has 0 unspecified atom stereocenters. The topological polar surface area (TPSA) is 51.8 Å². The number of hydrogen-bond donors (Lipinski definition) is 0. The van der Waals surface area contributed by atoms with Crippen molar-refractivity contribution in [1.29, 1.82) is 0 Å². The second kappa shape index (κ2) is 15.0. The quantitative estimate of drug-likeness (QED) is 0.157. The largest absolute Gasteiger partial charge is 0.455 e. The number of nitrogens with zero attached hydrogens (tertiary/aromatic N) is 3. The molecular weight excluding hydrogens is 791 g/mol. The van der Waals surface area contributed by atoms with Crippen molar-refractivity contribution >= 4 is 65.0 Å². The average molecular weight is 828 g/mol. The summed E-state index contributed by atoms with van der Waals surface area (Å²) in [6, 6.07) is 79.2. The standard InChI is InChI=1S/C61H37N3O/c1-3-15-38(16-4-1)39-29-31-41(32-30-39)59-62-60(42-33-34-51-48-23-10-9-21-46(48)47-22-11-12-24-49(47)55(51)37-42)64-61(63-59)54-27-14-28-56-57(54)53-26-13-25-52(58(53)65-56)50-36-35-43(40-17-5-2-6-18-40)44-19-7-8-20-45(44)50/h1-37H. The van der Waals surface area contributed by atoms with Crippen molar-refractivity contribution in [3.8, 4) is 67.5 Å². The maximum Gasteiger partial charge on any atom is 0.164 e. The SMILES string of the molecule is c1ccc(-c2ccc(-c3nc(-c4ccc5c6ccccc6c6ccccc6c5c4)nc(-c4cccc5oc6c(-c7ccc(-c8ccccc8)c8ccccc78)cccc6c45)n3)cc2)cc1. The van der Waals surface area contributed by atoms with Crippen LogP contribution in [0.25, 0.3) is 133 Å². The fourth-order valence-corrected chi connectivity index (χ4v) is 9.89. The summed E-state index contributed by atoms with van der Waals surface area (Å²) in [5.41, 5.74) is 11.1. The van der Waals surface area contributed by atoms with Crippen LogP contribution in [0.2, 0.25) is 0 Å². The molecule has 11 aromatic carbocycles. The molecule has 2 aromatic heterocycles. The lowest BCUT2D eigenvalue weighted by molar-refractivity contribution is 0.670. The third-order valence-corrected chi connectivity index (χ3v) is 13.0. The lowest BCUT2D eigenvalue weighted by Crippen LogP contribution is -2.00. The zero-order valence-electron chi connectivity index (χ0n) is 35.1. The number of aromatic nitrogens is 3. The van der Waals surface area contributed by atoms with Crippen LogP contribution in [0.15, 0.2) is 229 Å². The minimum absolute atomic E-state index is 0.581. The number of rotatable bonds is 6. The first-order valence-corrected chi connectivity index (χ1v) is 22.0. The summed E-state index contributed by atoms with van der Waals surface area (Å²) < 4.78 is 6.90. The molecule has 13 aromatic rings. The van der Waals surface area contributed by atoms with Crippen LogP contribution in [-0.2, 0) is 0 Å². The van der Waals surface area contributed by atoms with Gasteiger partial charge in [-0.15, -0.1) is 0 Å². The normalized spacial score (nSPS) is 11.7. The van der Waals surface area contributed by atoms with Crippen LogP contribution >= 0.6 is 0 Å². The predicted molar refractivity (Wildman–Crippen MR) is 270 cm³/mol. The van der Waals surface area contributed by atoms with Crippen LogP contribution in [0.1, 0.15) is 0 Å². The van der Waals surface area contributed by atoms with Crippen LogP contribution in [0.3, 0.4) is 0 Å². The average Bonchev–Trinajstić information content (AvgIpc) is 3.78. The Morgan fingerprint density at radius 3 is 1.40 bits per heavy atom. The summed E-state index contributed by atoms with van der Waals surface area (Å²) in [4.78, 5) is 15.9. The number of para-hydroxylation sites is 1. The van der Waals surface area contributed by atoms with Gasteiger partial charge in [0, 0.05) is 33.0 Å². The second-order valence-corrected chi connectivity index (χ2v) is 16.6. The van der Waals surface area contributed by atoms with Crippen LogP contribution in [0, 0.1) is 0 Å². The zero-order valence-corrected chi connectivity index (χ0v) is 35.1. The Labute approximate surface area is 374 Å². The van der Waals surface area contributed by atoms with E-state index in [1.54, 1.807) is 0 Å². The minimum atomic E-state index is 0.581. The molecule has 65 heavy (non-hydrogen) atoms. The van der Waals surface area contributed by atoms with Crippen molar-refractivity contribution in [2.45, 2.75) is 0 Å². The van der Waals surface area contributed by atoms with Gasteiger partial charge < -0.3 is 4.42 Å². The van der Waals surface area contributed by atoms with Gasteiger partial charge in [0.15, 0.2) is 17.5 Å². The summed E-state index contributed by atoms with van der Waals surface area (Å²) in [7, 11) is 0. The van der Waals surface area contributed by atoms with Crippen molar-refractivity contribution in [3.63, 3.8) is 0 Å². The fourth-order valence-electron chi connectivity index (χ4n) is 9.89. The van der Waals surface area contributed by atoms with Crippen LogP contribution < -0.4 is 0 Å². The fraction of sp³-hybridized carbons (Fsp3) is 0. The molecule has 0 atom stereocenters. The number of benzene rings is 11. The highest BCUT2D eigenvalue weighted by Gasteiger charge is 2.21. The van der Waals surface area contributed by atoms with Gasteiger partial charge in [0.2, 0.25) is 0 Å². The van der Waals surface area contributed by atoms with Crippen molar-refractivity contribution < 1.29 is 4.42 Å². The molecule has 0 saturated carbocycles. The van der Waals surface area contributed by atoms with E-state index in [1.165, 1.54) is 48.8 Å². The first-order valence-electron chi connectivity index (χ1n) is 22.0. The van der Waals surface area contributed by atoms with Crippen LogP contribution in [0.4, 0.5) is 0 Å². The molecule has 0 bridgehead atoms. The third-order valence-electron chi connectivity index (χ3n) is 13.0. The summed E-state index contributed by atoms with van der Waals surface area (Å²) in [6.45, 7) is 0. The van der Waals surface area contributed by atoms with Crippen LogP contribution in [-0.4, -0.2) is 15.0 Å². The van der Waals surface area contributed by atoms with E-state index in [9.17, 15) is 0 Å². The third kappa shape index (κ3) is 6.11. The molecule has 4 nitrogen and oxygen atoms in total. The van der Waals surface area contributed by atoms with E-state index < -0.39 is 0 Å². The summed E-state index contributed by atoms with van der Waals surface area (Å²) in [5.74, 6) is 1.78. The van der Waals surface area contributed by atoms with Gasteiger partial charge in [-0.2, -0.15) is 0 Å². The van der Waals surface area contributed by atoms with Crippen LogP contribution in [0.5, 0.6) is 0 Å². The van der Waals surface area contributed by atoms with Gasteiger partial charge in [0.05, 0.1) is 0 Å². The molecule has 0 spiro atoms. The van der Waals surface area contributed by atoms with Gasteiger partial charge in [-0.3, -0.25) is 0 Å². The molecule has 13 rings (SSSR count). The Bertz CT molecular complexity index is 3950. The molecule has 0 radical (unpaired) electrons. The molecule has 0 aliphatic carbocycles. The van der Waals surface area contributed by atoms with Gasteiger partial charge in [0.25, 0.3) is 0 Å². The molecule has 4 heteroatoms. The maximum atomic E-state index is 6.90. The van der Waals surface area contributed by atoms with E-state index in [2.05, 4.69) is 206 Å². The molecule has 0 aliphatic heterocycles. The highest BCUT2D eigenvalue weighted by molar-refractivity contribution is 6.26. The van der Waals surface area contributed by atoms with E-state index in [4.69, 9.17) is 19.4 Å². The highest BCUT2D eigenvalue weighted by atomic mass is 16.3. The van der Waals surface area contributed by atoms with Gasteiger partial charge in [0.1, 0.15) is 11.2 Å². The van der Waals surface area contributed by atoms with Crippen molar-refractivity contribution in [2.75, 3.05) is 0 Å². The Kier molecular flexibility index (Phi) is 8.50. The van der Waals surface area contributed by atoms with E-state index in [1.807, 2.05) is 18.2 Å². The molecule has 0 N–H and O–H groups in total. The Morgan fingerprint density at radius 1 is 0.246 bits per heavy atom. The summed E-state index contributed by atoms with van der Waals surface area (Å²) in [5, 5.41) is 11.6. The van der Waals surface area contributed by atoms with E-state index in [0.717, 1.165) is 66.3 Å². The van der Waals surface area contributed by atoms with E-state index >= 15 is 0 Å². The number of furan rings is 1. The van der Waals surface area contributed by atoms with Gasteiger partial charge in [-0.1, -0.05) is 212 Å². The molecule has 302 valence electrons. The van der Waals surface area contributed by atoms with Gasteiger partial charge >= 0.3 is 0 Å². The smallest absolute Gasteiger partial charge is 0.164 e. The summed E-state index contributed by atoms with van der Waals surface area (Å²) >= 11 is 0. The highest BCUT2D eigenvalue weighted by Crippen LogP contribution is 2.44. The molecule has 2 heterocycles. The first kappa shape index (κ1) is 36.9. The molecular formula is C61H37N3O. The first-order chi connectivity index (χ1) is 32.2. The van der Waals surface area contributed by atoms with E-state index in [-0.39, 0.29) is 0 Å². The van der Waals surface area contributed by atoms with Crippen molar-refractivity contribution in [1.82, 2.24) is 15.0 Å². The Hall–Kier alpha value is -8.73. The number of fused-ring (bicyclic) bond motifs is 10. The number of hydrogen-bond acceptors (Lipinski definition) is 4. The molecule has 0 amide bonds. The van der Waals surface area contributed by atoms with Crippen molar-refractivity contribution in [3.05, 3.63) is 224 Å². The molecule has 0 fully saturated rings. The lowest BCUT2D eigenvalue weighted by Gasteiger charge is -2.13. The Balaban J connectivity index is 1.01. The van der Waals surface area contributed by atoms with Crippen molar-refractivity contribution in [2.24, 2.45) is 0 Å². The zero-order chi connectivity index (χ0) is 42.8. The summed E-state index contributed by atoms with van der Waals surface area (Å²) in [6.07, 6.45) is 0. The Morgan fingerprint density at radius 2 is 0.708 bits per heavy atom. The van der Waals surface area contributed by atoms with E-state index in [0.29, 0.717) is 17.5 Å². The minimum Gasteiger partial charge on any atom is -0.455 e.